The SMILES string of the molecule is CC1(C)CCc2occc2C1(O)C(=O)O. The summed E-state index contributed by atoms with van der Waals surface area (Å²) in [5, 5.41) is 19.6. The quantitative estimate of drug-likeness (QED) is 0.737. The molecule has 2 rings (SSSR count). The predicted octanol–water partition coefficient (Wildman–Crippen LogP) is 1.52. The van der Waals surface area contributed by atoms with Crippen LogP contribution in [-0.2, 0) is 16.8 Å². The number of aryl methyl sites for hydroxylation is 1. The van der Waals surface area contributed by atoms with Crippen molar-refractivity contribution in [2.24, 2.45) is 5.41 Å². The molecule has 0 amide bonds. The molecule has 0 aliphatic heterocycles. The van der Waals surface area contributed by atoms with E-state index in [2.05, 4.69) is 0 Å². The van der Waals surface area contributed by atoms with Crippen molar-refractivity contribution in [3.05, 3.63) is 23.7 Å². The molecule has 0 aromatic carbocycles. The van der Waals surface area contributed by atoms with Crippen LogP contribution in [0.4, 0.5) is 0 Å². The van der Waals surface area contributed by atoms with Gasteiger partial charge in [0.1, 0.15) is 5.76 Å². The Morgan fingerprint density at radius 1 is 1.53 bits per heavy atom. The third-order valence-corrected chi connectivity index (χ3v) is 3.40. The van der Waals surface area contributed by atoms with Crippen molar-refractivity contribution >= 4 is 5.97 Å². The summed E-state index contributed by atoms with van der Waals surface area (Å²) in [6, 6.07) is 1.55. The van der Waals surface area contributed by atoms with Crippen LogP contribution in [0.25, 0.3) is 0 Å². The van der Waals surface area contributed by atoms with Gasteiger partial charge in [0, 0.05) is 17.4 Å². The summed E-state index contributed by atoms with van der Waals surface area (Å²) < 4.78 is 5.17. The molecule has 0 fully saturated rings. The van der Waals surface area contributed by atoms with Gasteiger partial charge in [0.2, 0.25) is 0 Å². The summed E-state index contributed by atoms with van der Waals surface area (Å²) in [6.07, 6.45) is 2.70. The van der Waals surface area contributed by atoms with Crippen molar-refractivity contribution in [3.63, 3.8) is 0 Å². The lowest BCUT2D eigenvalue weighted by Crippen LogP contribution is -2.51. The Labute approximate surface area is 87.5 Å². The first kappa shape index (κ1) is 10.2. The number of aliphatic hydroxyl groups is 1. The second-order valence-corrected chi connectivity index (χ2v) is 4.66. The minimum absolute atomic E-state index is 0.395. The third-order valence-electron chi connectivity index (χ3n) is 3.40. The monoisotopic (exact) mass is 210 g/mol. The summed E-state index contributed by atoms with van der Waals surface area (Å²) in [5.74, 6) is -0.630. The van der Waals surface area contributed by atoms with Gasteiger partial charge in [-0.05, 0) is 12.5 Å². The van der Waals surface area contributed by atoms with E-state index in [1.807, 2.05) is 0 Å². The summed E-state index contributed by atoms with van der Waals surface area (Å²) in [5.41, 5.74) is -2.13. The highest BCUT2D eigenvalue weighted by atomic mass is 16.4. The molecule has 1 aromatic rings. The second kappa shape index (κ2) is 2.85. The Kier molecular flexibility index (Phi) is 1.95. The summed E-state index contributed by atoms with van der Waals surface area (Å²) in [6.45, 7) is 3.52. The van der Waals surface area contributed by atoms with Gasteiger partial charge in [0.25, 0.3) is 0 Å². The fraction of sp³-hybridized carbons (Fsp3) is 0.545. The smallest absolute Gasteiger partial charge is 0.341 e. The van der Waals surface area contributed by atoms with E-state index in [9.17, 15) is 15.0 Å². The van der Waals surface area contributed by atoms with E-state index >= 15 is 0 Å². The fourth-order valence-corrected chi connectivity index (χ4v) is 2.23. The molecule has 1 aliphatic carbocycles. The number of rotatable bonds is 1. The van der Waals surface area contributed by atoms with Crippen LogP contribution in [-0.4, -0.2) is 16.2 Å². The van der Waals surface area contributed by atoms with Gasteiger partial charge in [0.15, 0.2) is 5.60 Å². The molecule has 82 valence electrons. The number of carboxylic acid groups (broad SMARTS) is 1. The maximum Gasteiger partial charge on any atom is 0.341 e. The average Bonchev–Trinajstić information content (AvgIpc) is 2.60. The normalized spacial score (nSPS) is 28.5. The van der Waals surface area contributed by atoms with Crippen LogP contribution in [0.15, 0.2) is 16.7 Å². The Hall–Kier alpha value is -1.29. The first-order valence-electron chi connectivity index (χ1n) is 4.92. The summed E-state index contributed by atoms with van der Waals surface area (Å²) in [7, 11) is 0. The molecule has 0 spiro atoms. The highest BCUT2D eigenvalue weighted by Crippen LogP contribution is 2.48. The first-order chi connectivity index (χ1) is 6.89. The van der Waals surface area contributed by atoms with Crippen molar-refractivity contribution in [2.45, 2.75) is 32.3 Å². The van der Waals surface area contributed by atoms with E-state index < -0.39 is 17.0 Å². The molecule has 0 saturated carbocycles. The van der Waals surface area contributed by atoms with Crippen LogP contribution < -0.4 is 0 Å². The number of fused-ring (bicyclic) bond motifs is 1. The van der Waals surface area contributed by atoms with Crippen LogP contribution in [0.3, 0.4) is 0 Å². The van der Waals surface area contributed by atoms with Gasteiger partial charge >= 0.3 is 5.97 Å². The molecule has 0 radical (unpaired) electrons. The molecule has 1 aliphatic rings. The molecule has 4 heteroatoms. The number of carboxylic acids is 1. The zero-order chi connectivity index (χ0) is 11.3. The molecular formula is C11H14O4. The molecule has 15 heavy (non-hydrogen) atoms. The standard InChI is InChI=1S/C11H14O4/c1-10(2)5-3-8-7(4-6-15-8)11(10,14)9(12)13/h4,6,14H,3,5H2,1-2H3,(H,12,13). The highest BCUT2D eigenvalue weighted by molar-refractivity contribution is 5.81. The Bertz CT molecular complexity index is 404. The molecule has 2 N–H and O–H groups in total. The zero-order valence-corrected chi connectivity index (χ0v) is 8.78. The molecule has 4 nitrogen and oxygen atoms in total. The molecular weight excluding hydrogens is 196 g/mol. The van der Waals surface area contributed by atoms with E-state index in [0.717, 1.165) is 0 Å². The van der Waals surface area contributed by atoms with Crippen LogP contribution in [0.1, 0.15) is 31.6 Å². The summed E-state index contributed by atoms with van der Waals surface area (Å²) >= 11 is 0. The predicted molar refractivity (Wildman–Crippen MR) is 52.3 cm³/mol. The van der Waals surface area contributed by atoms with Crippen LogP contribution in [0.5, 0.6) is 0 Å². The lowest BCUT2D eigenvalue weighted by Gasteiger charge is -2.42. The average molecular weight is 210 g/mol. The van der Waals surface area contributed by atoms with Gasteiger partial charge in [-0.2, -0.15) is 0 Å². The van der Waals surface area contributed by atoms with Crippen molar-refractivity contribution in [2.75, 3.05) is 0 Å². The third kappa shape index (κ3) is 1.14. The summed E-state index contributed by atoms with van der Waals surface area (Å²) in [4.78, 5) is 11.3. The lowest BCUT2D eigenvalue weighted by atomic mass is 9.64. The van der Waals surface area contributed by atoms with E-state index in [1.165, 1.54) is 6.26 Å². The minimum Gasteiger partial charge on any atom is -0.479 e. The minimum atomic E-state index is -1.84. The van der Waals surface area contributed by atoms with E-state index in [1.54, 1.807) is 19.9 Å². The molecule has 0 bridgehead atoms. The van der Waals surface area contributed by atoms with Crippen LogP contribution in [0, 0.1) is 5.41 Å². The van der Waals surface area contributed by atoms with Crippen LogP contribution in [0.2, 0.25) is 0 Å². The van der Waals surface area contributed by atoms with Crippen LogP contribution >= 0.6 is 0 Å². The van der Waals surface area contributed by atoms with Crippen molar-refractivity contribution in [1.82, 2.24) is 0 Å². The van der Waals surface area contributed by atoms with Crippen molar-refractivity contribution in [1.29, 1.82) is 0 Å². The number of hydrogen-bond donors (Lipinski definition) is 2. The Balaban J connectivity index is 2.64. The van der Waals surface area contributed by atoms with Gasteiger partial charge in [0.05, 0.1) is 6.26 Å². The first-order valence-corrected chi connectivity index (χ1v) is 4.92. The number of furan rings is 1. The zero-order valence-electron chi connectivity index (χ0n) is 8.78. The largest absolute Gasteiger partial charge is 0.479 e. The molecule has 0 saturated heterocycles. The second-order valence-electron chi connectivity index (χ2n) is 4.66. The van der Waals surface area contributed by atoms with Crippen molar-refractivity contribution < 1.29 is 19.4 Å². The Morgan fingerprint density at radius 3 is 2.80 bits per heavy atom. The fourth-order valence-electron chi connectivity index (χ4n) is 2.23. The molecule has 1 heterocycles. The van der Waals surface area contributed by atoms with Gasteiger partial charge in [-0.15, -0.1) is 0 Å². The molecule has 1 unspecified atom stereocenters. The van der Waals surface area contributed by atoms with Crippen molar-refractivity contribution in [3.8, 4) is 0 Å². The van der Waals surface area contributed by atoms with E-state index in [-0.39, 0.29) is 0 Å². The maximum absolute atomic E-state index is 11.3. The maximum atomic E-state index is 11.3. The number of hydrogen-bond acceptors (Lipinski definition) is 3. The lowest BCUT2D eigenvalue weighted by molar-refractivity contribution is -0.178. The Morgan fingerprint density at radius 2 is 2.20 bits per heavy atom. The van der Waals surface area contributed by atoms with E-state index in [4.69, 9.17) is 4.42 Å². The topological polar surface area (TPSA) is 70.7 Å². The van der Waals surface area contributed by atoms with Gasteiger partial charge in [-0.25, -0.2) is 4.79 Å². The van der Waals surface area contributed by atoms with Gasteiger partial charge in [-0.3, -0.25) is 0 Å². The van der Waals surface area contributed by atoms with Gasteiger partial charge < -0.3 is 14.6 Å². The molecule has 1 atom stereocenters. The van der Waals surface area contributed by atoms with E-state index in [0.29, 0.717) is 24.2 Å². The molecule has 1 aromatic heterocycles. The number of aliphatic carboxylic acids is 1. The highest BCUT2D eigenvalue weighted by Gasteiger charge is 2.55. The number of carbonyl (C=O) groups is 1. The van der Waals surface area contributed by atoms with Gasteiger partial charge in [-0.1, -0.05) is 13.8 Å².